The van der Waals surface area contributed by atoms with Crippen molar-refractivity contribution in [3.63, 3.8) is 0 Å². The van der Waals surface area contributed by atoms with Crippen LogP contribution in [0.5, 0.6) is 0 Å². The van der Waals surface area contributed by atoms with Gasteiger partial charge < -0.3 is 0 Å². The van der Waals surface area contributed by atoms with Crippen LogP contribution in [0.1, 0.15) is 29.1 Å². The lowest BCUT2D eigenvalue weighted by Crippen LogP contribution is -2.29. The molecule has 1 aromatic carbocycles. The Hall–Kier alpha value is -0.900. The van der Waals surface area contributed by atoms with E-state index in [4.69, 9.17) is 11.6 Å². The molecule has 0 saturated carbocycles. The first-order valence-electron chi connectivity index (χ1n) is 6.51. The third-order valence-electron chi connectivity index (χ3n) is 3.41. The number of likely N-dealkylation sites (N-methyl/N-ethyl adjacent to an activating group) is 1. The third-order valence-corrected chi connectivity index (χ3v) is 4.96. The van der Waals surface area contributed by atoms with Gasteiger partial charge in [-0.3, -0.25) is 9.69 Å². The van der Waals surface area contributed by atoms with Gasteiger partial charge in [0.2, 0.25) is 0 Å². The van der Waals surface area contributed by atoms with Crippen molar-refractivity contribution in [3.05, 3.63) is 33.7 Å². The molecule has 0 aliphatic carbocycles. The number of carbonyl (C=O) groups excluding carboxylic acids is 1. The lowest BCUT2D eigenvalue weighted by Gasteiger charge is -2.16. The molecule has 0 fully saturated rings. The molecule has 0 spiro atoms. The SMILES string of the molecule is CCN(CC)CC(=O)c1sc2ccc(Cl)cc2c1C. The minimum Gasteiger partial charge on any atom is -0.296 e. The first kappa shape index (κ1) is 14.5. The molecule has 4 heteroatoms. The lowest BCUT2D eigenvalue weighted by molar-refractivity contribution is 0.0941. The van der Waals surface area contributed by atoms with Crippen LogP contribution in [0, 0.1) is 6.92 Å². The number of benzene rings is 1. The number of thiophene rings is 1. The highest BCUT2D eigenvalue weighted by Crippen LogP contribution is 2.33. The van der Waals surface area contributed by atoms with E-state index < -0.39 is 0 Å². The molecule has 0 N–H and O–H groups in total. The summed E-state index contributed by atoms with van der Waals surface area (Å²) in [6.07, 6.45) is 0. The molecule has 102 valence electrons. The minimum atomic E-state index is 0.207. The van der Waals surface area contributed by atoms with Crippen LogP contribution in [0.3, 0.4) is 0 Å². The first-order valence-corrected chi connectivity index (χ1v) is 7.70. The van der Waals surface area contributed by atoms with E-state index in [2.05, 4.69) is 18.7 Å². The van der Waals surface area contributed by atoms with Crippen molar-refractivity contribution in [1.82, 2.24) is 4.90 Å². The molecule has 2 rings (SSSR count). The zero-order valence-corrected chi connectivity index (χ0v) is 13.1. The van der Waals surface area contributed by atoms with Crippen molar-refractivity contribution in [2.24, 2.45) is 0 Å². The van der Waals surface area contributed by atoms with Crippen molar-refractivity contribution >= 4 is 38.8 Å². The van der Waals surface area contributed by atoms with Crippen molar-refractivity contribution in [3.8, 4) is 0 Å². The van der Waals surface area contributed by atoms with Crippen LogP contribution in [0.4, 0.5) is 0 Å². The van der Waals surface area contributed by atoms with Gasteiger partial charge in [-0.25, -0.2) is 0 Å². The highest BCUT2D eigenvalue weighted by molar-refractivity contribution is 7.21. The van der Waals surface area contributed by atoms with E-state index >= 15 is 0 Å². The predicted octanol–water partition coefficient (Wildman–Crippen LogP) is 4.39. The molecule has 0 saturated heterocycles. The zero-order valence-electron chi connectivity index (χ0n) is 11.5. The summed E-state index contributed by atoms with van der Waals surface area (Å²) in [6, 6.07) is 5.80. The number of Topliss-reactive ketones (excluding diaryl/α,β-unsaturated/α-hetero) is 1. The maximum Gasteiger partial charge on any atom is 0.187 e. The fourth-order valence-electron chi connectivity index (χ4n) is 2.18. The molecule has 2 nitrogen and oxygen atoms in total. The summed E-state index contributed by atoms with van der Waals surface area (Å²) in [6.45, 7) is 8.46. The molecule has 19 heavy (non-hydrogen) atoms. The summed E-state index contributed by atoms with van der Waals surface area (Å²) in [5, 5.41) is 1.82. The highest BCUT2D eigenvalue weighted by atomic mass is 35.5. The Labute approximate surface area is 123 Å². The van der Waals surface area contributed by atoms with Gasteiger partial charge in [0.15, 0.2) is 5.78 Å². The van der Waals surface area contributed by atoms with E-state index in [1.54, 1.807) is 11.3 Å². The van der Waals surface area contributed by atoms with E-state index in [1.165, 1.54) is 0 Å². The lowest BCUT2D eigenvalue weighted by atomic mass is 10.1. The number of carbonyl (C=O) groups is 1. The van der Waals surface area contributed by atoms with E-state index in [0.717, 1.165) is 38.6 Å². The average molecular weight is 296 g/mol. The fraction of sp³-hybridized carbons (Fsp3) is 0.400. The Morgan fingerprint density at radius 2 is 2.00 bits per heavy atom. The van der Waals surface area contributed by atoms with E-state index in [9.17, 15) is 4.79 Å². The molecule has 0 aliphatic rings. The van der Waals surface area contributed by atoms with E-state index in [-0.39, 0.29) is 5.78 Å². The third kappa shape index (κ3) is 2.99. The number of nitrogens with zero attached hydrogens (tertiary/aromatic N) is 1. The molecular weight excluding hydrogens is 278 g/mol. The maximum absolute atomic E-state index is 12.4. The van der Waals surface area contributed by atoms with E-state index in [0.29, 0.717) is 6.54 Å². The second kappa shape index (κ2) is 6.04. The van der Waals surface area contributed by atoms with Gasteiger partial charge in [0.1, 0.15) is 0 Å². The molecule has 0 unspecified atom stereocenters. The summed E-state index contributed by atoms with van der Waals surface area (Å²) in [5.41, 5.74) is 1.06. The van der Waals surface area contributed by atoms with Crippen LogP contribution in [0.25, 0.3) is 10.1 Å². The van der Waals surface area contributed by atoms with Crippen LogP contribution >= 0.6 is 22.9 Å². The largest absolute Gasteiger partial charge is 0.296 e. The van der Waals surface area contributed by atoms with Crippen molar-refractivity contribution in [2.75, 3.05) is 19.6 Å². The normalized spacial score (nSPS) is 11.4. The zero-order chi connectivity index (χ0) is 14.0. The summed E-state index contributed by atoms with van der Waals surface area (Å²) >= 11 is 7.59. The quantitative estimate of drug-likeness (QED) is 0.763. The number of fused-ring (bicyclic) bond motifs is 1. The summed E-state index contributed by atoms with van der Waals surface area (Å²) < 4.78 is 1.13. The second-order valence-corrected chi connectivity index (χ2v) is 6.07. The number of hydrogen-bond acceptors (Lipinski definition) is 3. The summed E-state index contributed by atoms with van der Waals surface area (Å²) in [7, 11) is 0. The van der Waals surface area contributed by atoms with Crippen LogP contribution in [0.15, 0.2) is 18.2 Å². The number of aryl methyl sites for hydroxylation is 1. The van der Waals surface area contributed by atoms with Gasteiger partial charge in [-0.15, -0.1) is 11.3 Å². The first-order chi connectivity index (χ1) is 9.06. The minimum absolute atomic E-state index is 0.207. The van der Waals surface area contributed by atoms with Gasteiger partial charge in [0, 0.05) is 9.72 Å². The van der Waals surface area contributed by atoms with Gasteiger partial charge in [-0.2, -0.15) is 0 Å². The molecule has 1 heterocycles. The Kier molecular flexibility index (Phi) is 4.61. The summed E-state index contributed by atoms with van der Waals surface area (Å²) in [5.74, 6) is 0.207. The topological polar surface area (TPSA) is 20.3 Å². The molecule has 1 aromatic heterocycles. The molecule has 0 aliphatic heterocycles. The molecular formula is C15H18ClNOS. The monoisotopic (exact) mass is 295 g/mol. The van der Waals surface area contributed by atoms with Gasteiger partial charge in [-0.1, -0.05) is 25.4 Å². The number of rotatable bonds is 5. The van der Waals surface area contributed by atoms with Gasteiger partial charge in [-0.05, 0) is 49.2 Å². The Bertz CT molecular complexity index is 601. The number of hydrogen-bond donors (Lipinski definition) is 0. The van der Waals surface area contributed by atoms with Crippen LogP contribution in [0.2, 0.25) is 5.02 Å². The van der Waals surface area contributed by atoms with Crippen molar-refractivity contribution in [2.45, 2.75) is 20.8 Å². The van der Waals surface area contributed by atoms with Crippen molar-refractivity contribution in [1.29, 1.82) is 0 Å². The predicted molar refractivity (Wildman–Crippen MR) is 83.7 cm³/mol. The van der Waals surface area contributed by atoms with Gasteiger partial charge in [0.25, 0.3) is 0 Å². The fourth-order valence-corrected chi connectivity index (χ4v) is 3.47. The standard InChI is InChI=1S/C15H18ClNOS/c1-4-17(5-2)9-13(18)15-10(3)12-8-11(16)6-7-14(12)19-15/h6-8H,4-5,9H2,1-3H3. The Morgan fingerprint density at radius 3 is 2.63 bits per heavy atom. The Morgan fingerprint density at radius 1 is 1.32 bits per heavy atom. The smallest absolute Gasteiger partial charge is 0.187 e. The van der Waals surface area contributed by atoms with Crippen LogP contribution < -0.4 is 0 Å². The van der Waals surface area contributed by atoms with E-state index in [1.807, 2.05) is 25.1 Å². The van der Waals surface area contributed by atoms with Gasteiger partial charge >= 0.3 is 0 Å². The molecule has 0 radical (unpaired) electrons. The average Bonchev–Trinajstić information content (AvgIpc) is 2.73. The molecule has 0 amide bonds. The summed E-state index contributed by atoms with van der Waals surface area (Å²) in [4.78, 5) is 15.4. The number of ketones is 1. The van der Waals surface area contributed by atoms with Crippen LogP contribution in [-0.4, -0.2) is 30.3 Å². The Balaban J connectivity index is 2.35. The molecule has 0 bridgehead atoms. The number of halogens is 1. The molecule has 0 atom stereocenters. The second-order valence-electron chi connectivity index (χ2n) is 4.58. The highest BCUT2D eigenvalue weighted by Gasteiger charge is 2.17. The molecule has 2 aromatic rings. The maximum atomic E-state index is 12.4. The van der Waals surface area contributed by atoms with Gasteiger partial charge in [0.05, 0.1) is 11.4 Å². The van der Waals surface area contributed by atoms with Crippen LogP contribution in [-0.2, 0) is 0 Å². The van der Waals surface area contributed by atoms with Crippen molar-refractivity contribution < 1.29 is 4.79 Å².